The predicted octanol–water partition coefficient (Wildman–Crippen LogP) is 8.12. The number of hydrogen-bond donors (Lipinski definition) is 0. The lowest BCUT2D eigenvalue weighted by atomic mass is 9.95. The number of imidazole rings is 1. The highest BCUT2D eigenvalue weighted by molar-refractivity contribution is 7.95. The fraction of sp³-hybridized carbons (Fsp3) is 0.400. The number of benzene rings is 2. The van der Waals surface area contributed by atoms with E-state index in [9.17, 15) is 3.89 Å². The highest BCUT2D eigenvalue weighted by atomic mass is 32.2. The average Bonchev–Trinajstić information content (AvgIpc) is 3.16. The van der Waals surface area contributed by atoms with Crippen LogP contribution in [0.2, 0.25) is 0 Å². The summed E-state index contributed by atoms with van der Waals surface area (Å²) in [5.74, 6) is 0.841. The quantitative estimate of drug-likeness (QED) is 0.421. The van der Waals surface area contributed by atoms with Gasteiger partial charge >= 0.3 is 0 Å². The third kappa shape index (κ3) is 5.30. The lowest BCUT2D eigenvalue weighted by Gasteiger charge is -2.23. The molecule has 156 valence electrons. The van der Waals surface area contributed by atoms with Gasteiger partial charge in [-0.15, -0.1) is 0 Å². The summed E-state index contributed by atoms with van der Waals surface area (Å²) in [7, 11) is 0. The second kappa shape index (κ2) is 10.1. The first-order chi connectivity index (χ1) is 13.8. The Bertz CT molecular complexity index is 918. The van der Waals surface area contributed by atoms with Crippen molar-refractivity contribution in [3.8, 4) is 17.1 Å². The molecule has 0 atom stereocenters. The standard InChI is InChI=1S/C21H23FN2S.C4H10/c1-14-12-15(2)19(16(3)13-14)24-11-10-23-20(24)17-8-6-7-9-18(17)21(4,5)25-22;1-3-4-2/h6-13H,1-5H3;3-4H2,1-2H3. The van der Waals surface area contributed by atoms with E-state index in [4.69, 9.17) is 0 Å². The Labute approximate surface area is 179 Å². The summed E-state index contributed by atoms with van der Waals surface area (Å²) in [5.41, 5.74) is 6.69. The van der Waals surface area contributed by atoms with Crippen molar-refractivity contribution in [1.82, 2.24) is 9.55 Å². The summed E-state index contributed by atoms with van der Waals surface area (Å²) in [4.78, 5) is 4.61. The Kier molecular flexibility index (Phi) is 8.09. The zero-order valence-corrected chi connectivity index (χ0v) is 19.5. The molecule has 0 unspecified atom stereocenters. The number of aryl methyl sites for hydroxylation is 3. The fourth-order valence-electron chi connectivity index (χ4n) is 3.48. The van der Waals surface area contributed by atoms with E-state index < -0.39 is 4.75 Å². The first-order valence-electron chi connectivity index (χ1n) is 10.3. The second-order valence-electron chi connectivity index (χ2n) is 8.00. The minimum absolute atomic E-state index is 0.365. The number of unbranched alkanes of at least 4 members (excludes halogenated alkanes) is 1. The first-order valence-corrected chi connectivity index (χ1v) is 11.0. The molecular formula is C25H33FN2S. The molecule has 2 aromatic carbocycles. The normalized spacial score (nSPS) is 11.2. The molecule has 0 fully saturated rings. The van der Waals surface area contributed by atoms with Crippen molar-refractivity contribution >= 4 is 12.1 Å². The van der Waals surface area contributed by atoms with Gasteiger partial charge in [0.2, 0.25) is 0 Å². The minimum atomic E-state index is -0.634. The number of aromatic nitrogens is 2. The Hall–Kier alpha value is -2.07. The molecule has 3 rings (SSSR count). The van der Waals surface area contributed by atoms with Gasteiger partial charge in [-0.1, -0.05) is 68.7 Å². The number of halogens is 1. The van der Waals surface area contributed by atoms with Crippen molar-refractivity contribution in [3.63, 3.8) is 0 Å². The van der Waals surface area contributed by atoms with E-state index in [-0.39, 0.29) is 0 Å². The van der Waals surface area contributed by atoms with Crippen LogP contribution in [0.4, 0.5) is 3.89 Å². The zero-order valence-electron chi connectivity index (χ0n) is 18.7. The molecule has 0 aliphatic heterocycles. The fourth-order valence-corrected chi connectivity index (χ4v) is 3.74. The van der Waals surface area contributed by atoms with Crippen LogP contribution in [-0.2, 0) is 4.75 Å². The Morgan fingerprint density at radius 1 is 1.00 bits per heavy atom. The van der Waals surface area contributed by atoms with Crippen molar-refractivity contribution in [2.24, 2.45) is 0 Å². The van der Waals surface area contributed by atoms with Crippen LogP contribution in [0.3, 0.4) is 0 Å². The van der Waals surface area contributed by atoms with Crippen LogP contribution in [0.15, 0.2) is 48.8 Å². The van der Waals surface area contributed by atoms with Crippen LogP contribution < -0.4 is 0 Å². The van der Waals surface area contributed by atoms with Gasteiger partial charge in [0.25, 0.3) is 0 Å². The Morgan fingerprint density at radius 2 is 1.59 bits per heavy atom. The van der Waals surface area contributed by atoms with Crippen molar-refractivity contribution in [3.05, 3.63) is 71.0 Å². The van der Waals surface area contributed by atoms with E-state index in [1.54, 1.807) is 6.20 Å². The van der Waals surface area contributed by atoms with Crippen LogP contribution in [0.5, 0.6) is 0 Å². The van der Waals surface area contributed by atoms with E-state index >= 15 is 0 Å². The molecule has 0 aliphatic rings. The van der Waals surface area contributed by atoms with Gasteiger partial charge in [0.1, 0.15) is 5.82 Å². The van der Waals surface area contributed by atoms with Gasteiger partial charge in [0.15, 0.2) is 0 Å². The van der Waals surface area contributed by atoms with Gasteiger partial charge in [-0.3, -0.25) is 4.57 Å². The van der Waals surface area contributed by atoms with Crippen LogP contribution >= 0.6 is 12.1 Å². The van der Waals surface area contributed by atoms with E-state index in [0.29, 0.717) is 12.1 Å². The molecule has 2 nitrogen and oxygen atoms in total. The maximum atomic E-state index is 13.6. The molecule has 0 saturated heterocycles. The molecule has 1 heterocycles. The molecule has 3 aromatic rings. The Morgan fingerprint density at radius 3 is 2.14 bits per heavy atom. The van der Waals surface area contributed by atoms with E-state index in [0.717, 1.165) is 22.6 Å². The zero-order chi connectivity index (χ0) is 21.6. The number of nitrogens with zero attached hydrogens (tertiary/aromatic N) is 2. The summed E-state index contributed by atoms with van der Waals surface area (Å²) in [6.07, 6.45) is 6.42. The monoisotopic (exact) mass is 412 g/mol. The van der Waals surface area contributed by atoms with Crippen molar-refractivity contribution in [2.45, 2.75) is 66.1 Å². The third-order valence-corrected chi connectivity index (χ3v) is 5.63. The number of rotatable bonds is 5. The molecule has 4 heteroatoms. The van der Waals surface area contributed by atoms with Crippen LogP contribution in [0.25, 0.3) is 17.1 Å². The van der Waals surface area contributed by atoms with E-state index in [1.165, 1.54) is 29.5 Å². The largest absolute Gasteiger partial charge is 0.299 e. The van der Waals surface area contributed by atoms with E-state index in [1.807, 2.05) is 44.3 Å². The second-order valence-corrected chi connectivity index (χ2v) is 9.18. The van der Waals surface area contributed by atoms with Crippen LogP contribution in [0, 0.1) is 20.8 Å². The van der Waals surface area contributed by atoms with Gasteiger partial charge in [0.05, 0.1) is 22.6 Å². The van der Waals surface area contributed by atoms with Gasteiger partial charge in [-0.25, -0.2) is 4.98 Å². The lowest BCUT2D eigenvalue weighted by Crippen LogP contribution is -2.13. The molecule has 0 saturated carbocycles. The predicted molar refractivity (Wildman–Crippen MR) is 126 cm³/mol. The van der Waals surface area contributed by atoms with Crippen LogP contribution in [-0.4, -0.2) is 9.55 Å². The molecule has 0 spiro atoms. The smallest absolute Gasteiger partial charge is 0.144 e. The molecule has 0 amide bonds. The number of hydrogen-bond acceptors (Lipinski definition) is 2. The summed E-state index contributed by atoms with van der Waals surface area (Å²) in [6, 6.07) is 12.3. The molecule has 0 bridgehead atoms. The first kappa shape index (κ1) is 23.2. The Balaban J connectivity index is 0.000000687. The van der Waals surface area contributed by atoms with Crippen molar-refractivity contribution < 1.29 is 3.89 Å². The molecular weight excluding hydrogens is 379 g/mol. The molecule has 1 aromatic heterocycles. The molecule has 0 N–H and O–H groups in total. The molecule has 0 radical (unpaired) electrons. The average molecular weight is 413 g/mol. The van der Waals surface area contributed by atoms with Crippen molar-refractivity contribution in [2.75, 3.05) is 0 Å². The van der Waals surface area contributed by atoms with E-state index in [2.05, 4.69) is 56.3 Å². The summed E-state index contributed by atoms with van der Waals surface area (Å²) in [6.45, 7) is 14.5. The molecule has 29 heavy (non-hydrogen) atoms. The van der Waals surface area contributed by atoms with Gasteiger partial charge in [-0.05, 0) is 51.3 Å². The topological polar surface area (TPSA) is 17.8 Å². The highest BCUT2D eigenvalue weighted by Crippen LogP contribution is 2.41. The van der Waals surface area contributed by atoms with Gasteiger partial charge < -0.3 is 0 Å². The molecule has 0 aliphatic carbocycles. The maximum Gasteiger partial charge on any atom is 0.144 e. The lowest BCUT2D eigenvalue weighted by molar-refractivity contribution is 0.742. The van der Waals surface area contributed by atoms with Crippen molar-refractivity contribution in [1.29, 1.82) is 0 Å². The van der Waals surface area contributed by atoms with Gasteiger partial charge in [-0.2, -0.15) is 3.89 Å². The third-order valence-electron chi connectivity index (χ3n) is 5.03. The summed E-state index contributed by atoms with van der Waals surface area (Å²) < 4.78 is 15.0. The van der Waals surface area contributed by atoms with Gasteiger partial charge in [0, 0.05) is 18.0 Å². The highest BCUT2D eigenvalue weighted by Gasteiger charge is 2.27. The SMILES string of the molecule is CCCC.Cc1cc(C)c(-n2ccnc2-c2ccccc2C(C)(C)SF)c(C)c1. The van der Waals surface area contributed by atoms with Crippen LogP contribution in [0.1, 0.15) is 62.8 Å². The summed E-state index contributed by atoms with van der Waals surface area (Å²) in [5, 5.41) is 0. The maximum absolute atomic E-state index is 13.6. The summed E-state index contributed by atoms with van der Waals surface area (Å²) >= 11 is 0.365. The minimum Gasteiger partial charge on any atom is -0.299 e.